The SMILES string of the molecule is O=C(Oc1ccc2nc(N3CCCC3)sc2c1)c1ccc(S(=O)(=O)N2CCOCC2)cc1. The molecule has 1 aromatic heterocycles. The maximum Gasteiger partial charge on any atom is 0.343 e. The minimum atomic E-state index is -3.60. The first-order valence-corrected chi connectivity index (χ1v) is 12.8. The van der Waals surface area contributed by atoms with E-state index < -0.39 is 16.0 Å². The highest BCUT2D eigenvalue weighted by Gasteiger charge is 2.26. The van der Waals surface area contributed by atoms with Gasteiger partial charge in [0.2, 0.25) is 10.0 Å². The van der Waals surface area contributed by atoms with Crippen LogP contribution >= 0.6 is 11.3 Å². The van der Waals surface area contributed by atoms with E-state index in [9.17, 15) is 13.2 Å². The van der Waals surface area contributed by atoms with Gasteiger partial charge in [0.25, 0.3) is 0 Å². The number of nitrogens with zero attached hydrogens (tertiary/aromatic N) is 3. The number of fused-ring (bicyclic) bond motifs is 1. The smallest absolute Gasteiger partial charge is 0.343 e. The third-order valence-electron chi connectivity index (χ3n) is 5.63. The van der Waals surface area contributed by atoms with Crippen molar-refractivity contribution in [3.8, 4) is 5.75 Å². The van der Waals surface area contributed by atoms with Crippen LogP contribution in [0.5, 0.6) is 5.75 Å². The highest BCUT2D eigenvalue weighted by atomic mass is 32.2. The Morgan fingerprint density at radius 3 is 2.44 bits per heavy atom. The topological polar surface area (TPSA) is 89.0 Å². The van der Waals surface area contributed by atoms with Gasteiger partial charge < -0.3 is 14.4 Å². The lowest BCUT2D eigenvalue weighted by Crippen LogP contribution is -2.40. The van der Waals surface area contributed by atoms with Crippen molar-refractivity contribution in [3.05, 3.63) is 48.0 Å². The number of aromatic nitrogens is 1. The summed E-state index contributed by atoms with van der Waals surface area (Å²) >= 11 is 1.59. The molecule has 3 aromatic rings. The molecule has 2 aromatic carbocycles. The van der Waals surface area contributed by atoms with Gasteiger partial charge >= 0.3 is 5.97 Å². The van der Waals surface area contributed by atoms with Crippen molar-refractivity contribution in [1.29, 1.82) is 0 Å². The normalized spacial score (nSPS) is 17.7. The van der Waals surface area contributed by atoms with Crippen LogP contribution in [-0.2, 0) is 14.8 Å². The Balaban J connectivity index is 1.29. The second-order valence-corrected chi connectivity index (χ2v) is 10.7. The number of rotatable bonds is 5. The van der Waals surface area contributed by atoms with Crippen LogP contribution in [0.4, 0.5) is 5.13 Å². The van der Waals surface area contributed by atoms with Crippen molar-refractivity contribution >= 4 is 42.7 Å². The van der Waals surface area contributed by atoms with Gasteiger partial charge in [-0.05, 0) is 49.2 Å². The zero-order chi connectivity index (χ0) is 22.1. The summed E-state index contributed by atoms with van der Waals surface area (Å²) in [7, 11) is -3.60. The van der Waals surface area contributed by atoms with Crippen LogP contribution in [-0.4, -0.2) is 63.1 Å². The van der Waals surface area contributed by atoms with E-state index in [1.165, 1.54) is 41.4 Å². The number of thiazole rings is 1. The fourth-order valence-corrected chi connectivity index (χ4v) is 6.32. The van der Waals surface area contributed by atoms with Gasteiger partial charge in [0.05, 0.1) is 33.9 Å². The maximum absolute atomic E-state index is 12.7. The van der Waals surface area contributed by atoms with Gasteiger partial charge in [-0.15, -0.1) is 0 Å². The van der Waals surface area contributed by atoms with Crippen LogP contribution < -0.4 is 9.64 Å². The minimum absolute atomic E-state index is 0.150. The average Bonchev–Trinajstić information content (AvgIpc) is 3.49. The zero-order valence-corrected chi connectivity index (χ0v) is 19.0. The van der Waals surface area contributed by atoms with Gasteiger partial charge in [0.1, 0.15) is 5.75 Å². The molecule has 0 N–H and O–H groups in total. The van der Waals surface area contributed by atoms with E-state index in [4.69, 9.17) is 9.47 Å². The van der Waals surface area contributed by atoms with E-state index in [1.54, 1.807) is 17.4 Å². The Bertz CT molecular complexity index is 1230. The van der Waals surface area contributed by atoms with Crippen molar-refractivity contribution in [1.82, 2.24) is 9.29 Å². The van der Waals surface area contributed by atoms with Crippen molar-refractivity contribution < 1.29 is 22.7 Å². The third kappa shape index (κ3) is 4.23. The zero-order valence-electron chi connectivity index (χ0n) is 17.4. The molecule has 0 atom stereocenters. The first-order valence-electron chi connectivity index (χ1n) is 10.6. The molecular weight excluding hydrogens is 450 g/mol. The summed E-state index contributed by atoms with van der Waals surface area (Å²) in [6.07, 6.45) is 2.37. The lowest BCUT2D eigenvalue weighted by molar-refractivity contribution is 0.0730. The van der Waals surface area contributed by atoms with E-state index in [0.717, 1.165) is 28.4 Å². The van der Waals surface area contributed by atoms with Crippen molar-refractivity contribution in [3.63, 3.8) is 0 Å². The maximum atomic E-state index is 12.7. The standard InChI is InChI=1S/C22H23N3O5S2/c26-21(16-3-6-18(7-4-16)32(27,28)25-11-13-29-14-12-25)30-17-5-8-19-20(15-17)31-22(23-19)24-9-1-2-10-24/h3-8,15H,1-2,9-14H2. The molecule has 0 saturated carbocycles. The molecule has 0 amide bonds. The summed E-state index contributed by atoms with van der Waals surface area (Å²) in [5.41, 5.74) is 1.17. The van der Waals surface area contributed by atoms with E-state index >= 15 is 0 Å². The largest absolute Gasteiger partial charge is 0.423 e. The first-order chi connectivity index (χ1) is 15.5. The monoisotopic (exact) mass is 473 g/mol. The van der Waals surface area contributed by atoms with Gasteiger partial charge in [0.15, 0.2) is 5.13 Å². The van der Waals surface area contributed by atoms with Crippen LogP contribution in [0.1, 0.15) is 23.2 Å². The second-order valence-electron chi connectivity index (χ2n) is 7.75. The number of esters is 1. The molecular formula is C22H23N3O5S2. The number of carbonyl (C=O) groups excluding carboxylic acids is 1. The molecule has 168 valence electrons. The molecule has 0 unspecified atom stereocenters. The number of hydrogen-bond acceptors (Lipinski definition) is 8. The van der Waals surface area contributed by atoms with Gasteiger partial charge in [0, 0.05) is 32.2 Å². The fourth-order valence-electron chi connectivity index (χ4n) is 3.86. The predicted octanol–water partition coefficient (Wildman–Crippen LogP) is 3.14. The van der Waals surface area contributed by atoms with Crippen LogP contribution in [0.3, 0.4) is 0 Å². The minimum Gasteiger partial charge on any atom is -0.423 e. The molecule has 3 heterocycles. The highest BCUT2D eigenvalue weighted by molar-refractivity contribution is 7.89. The Labute approximate surface area is 190 Å². The van der Waals surface area contributed by atoms with Crippen molar-refractivity contribution in [2.75, 3.05) is 44.3 Å². The van der Waals surface area contributed by atoms with Crippen LogP contribution in [0, 0.1) is 0 Å². The second kappa shape index (κ2) is 8.78. The van der Waals surface area contributed by atoms with E-state index in [1.807, 2.05) is 12.1 Å². The molecule has 0 radical (unpaired) electrons. The van der Waals surface area contributed by atoms with E-state index in [2.05, 4.69) is 9.88 Å². The Morgan fingerprint density at radius 1 is 1.00 bits per heavy atom. The molecule has 0 spiro atoms. The molecule has 2 aliphatic rings. The van der Waals surface area contributed by atoms with E-state index in [0.29, 0.717) is 32.1 Å². The van der Waals surface area contributed by atoms with Gasteiger partial charge in [-0.2, -0.15) is 4.31 Å². The van der Waals surface area contributed by atoms with Crippen molar-refractivity contribution in [2.45, 2.75) is 17.7 Å². The highest BCUT2D eigenvalue weighted by Crippen LogP contribution is 2.33. The number of anilines is 1. The number of benzene rings is 2. The molecule has 2 fully saturated rings. The molecule has 2 aliphatic heterocycles. The molecule has 8 nitrogen and oxygen atoms in total. The number of carbonyl (C=O) groups is 1. The summed E-state index contributed by atoms with van der Waals surface area (Å²) < 4.78 is 38.6. The lowest BCUT2D eigenvalue weighted by atomic mass is 10.2. The molecule has 2 saturated heterocycles. The lowest BCUT2D eigenvalue weighted by Gasteiger charge is -2.26. The third-order valence-corrected chi connectivity index (χ3v) is 8.63. The first kappa shape index (κ1) is 21.3. The van der Waals surface area contributed by atoms with Crippen LogP contribution in [0.25, 0.3) is 10.2 Å². The van der Waals surface area contributed by atoms with Crippen molar-refractivity contribution in [2.24, 2.45) is 0 Å². The predicted molar refractivity (Wildman–Crippen MR) is 122 cm³/mol. The fraction of sp³-hybridized carbons (Fsp3) is 0.364. The summed E-state index contributed by atoms with van der Waals surface area (Å²) in [4.78, 5) is 19.7. The van der Waals surface area contributed by atoms with Gasteiger partial charge in [-0.1, -0.05) is 11.3 Å². The molecule has 32 heavy (non-hydrogen) atoms. The summed E-state index contributed by atoms with van der Waals surface area (Å²) in [6.45, 7) is 3.47. The number of morpholine rings is 1. The summed E-state index contributed by atoms with van der Waals surface area (Å²) in [6, 6.07) is 11.2. The van der Waals surface area contributed by atoms with Crippen LogP contribution in [0.15, 0.2) is 47.4 Å². The van der Waals surface area contributed by atoms with Gasteiger partial charge in [-0.25, -0.2) is 18.2 Å². The summed E-state index contributed by atoms with van der Waals surface area (Å²) in [5, 5.41) is 0.998. The van der Waals surface area contributed by atoms with Gasteiger partial charge in [-0.3, -0.25) is 0 Å². The number of ether oxygens (including phenoxy) is 2. The average molecular weight is 474 g/mol. The van der Waals surface area contributed by atoms with Crippen LogP contribution in [0.2, 0.25) is 0 Å². The molecule has 0 bridgehead atoms. The van der Waals surface area contributed by atoms with E-state index in [-0.39, 0.29) is 10.5 Å². The number of hydrogen-bond donors (Lipinski definition) is 0. The molecule has 10 heteroatoms. The Kier molecular flexibility index (Phi) is 5.85. The molecule has 0 aliphatic carbocycles. The Morgan fingerprint density at radius 2 is 1.72 bits per heavy atom. The number of sulfonamides is 1. The Hall–Kier alpha value is -2.53. The summed E-state index contributed by atoms with van der Waals surface area (Å²) in [5.74, 6) is -0.104. The molecule has 5 rings (SSSR count). The quantitative estimate of drug-likeness (QED) is 0.415.